The highest BCUT2D eigenvalue weighted by Gasteiger charge is 2.24. The van der Waals surface area contributed by atoms with Crippen molar-refractivity contribution < 1.29 is 17.9 Å². The summed E-state index contributed by atoms with van der Waals surface area (Å²) in [5.41, 5.74) is 0.263. The summed E-state index contributed by atoms with van der Waals surface area (Å²) in [6.07, 6.45) is 2.99. The lowest BCUT2D eigenvalue weighted by molar-refractivity contribution is 0.0937. The van der Waals surface area contributed by atoms with Gasteiger partial charge in [0.05, 0.1) is 7.11 Å². The van der Waals surface area contributed by atoms with Gasteiger partial charge in [-0.2, -0.15) is 0 Å². The fourth-order valence-corrected chi connectivity index (χ4v) is 3.37. The average Bonchev–Trinajstić information content (AvgIpc) is 2.82. The summed E-state index contributed by atoms with van der Waals surface area (Å²) < 4.78 is 28.0. The Balaban J connectivity index is 2.22. The van der Waals surface area contributed by atoms with Gasteiger partial charge < -0.3 is 10.1 Å². The molecule has 1 aromatic rings. The first-order valence-corrected chi connectivity index (χ1v) is 8.37. The fourth-order valence-electron chi connectivity index (χ4n) is 2.65. The van der Waals surface area contributed by atoms with Crippen molar-refractivity contribution in [3.8, 4) is 5.75 Å². The van der Waals surface area contributed by atoms with E-state index in [1.54, 1.807) is 0 Å². The third-order valence-corrected chi connectivity index (χ3v) is 4.69. The molecule has 2 rings (SSSR count). The molecule has 0 bridgehead atoms. The Morgan fingerprint density at radius 3 is 2.62 bits per heavy atom. The Morgan fingerprint density at radius 1 is 1.38 bits per heavy atom. The molecule has 1 aliphatic carbocycles. The molecule has 2 unspecified atom stereocenters. The van der Waals surface area contributed by atoms with Crippen LogP contribution in [0.5, 0.6) is 5.75 Å². The molecule has 7 heteroatoms. The van der Waals surface area contributed by atoms with E-state index in [2.05, 4.69) is 12.2 Å². The topological polar surface area (TPSA) is 98.5 Å². The van der Waals surface area contributed by atoms with E-state index in [0.717, 1.165) is 19.3 Å². The zero-order valence-electron chi connectivity index (χ0n) is 12.1. The van der Waals surface area contributed by atoms with Crippen molar-refractivity contribution in [3.05, 3.63) is 23.8 Å². The predicted molar refractivity (Wildman–Crippen MR) is 78.6 cm³/mol. The number of rotatable bonds is 4. The third-order valence-electron chi connectivity index (χ3n) is 3.76. The highest BCUT2D eigenvalue weighted by Crippen LogP contribution is 2.26. The van der Waals surface area contributed by atoms with Crippen LogP contribution in [0, 0.1) is 5.92 Å². The van der Waals surface area contributed by atoms with Gasteiger partial charge in [0.2, 0.25) is 10.0 Å². The lowest BCUT2D eigenvalue weighted by Gasteiger charge is -2.14. The monoisotopic (exact) mass is 312 g/mol. The number of carbonyl (C=O) groups excluding carboxylic acids is 1. The van der Waals surface area contributed by atoms with E-state index in [1.807, 2.05) is 0 Å². The second-order valence-corrected chi connectivity index (χ2v) is 7.03. The molecule has 0 aliphatic heterocycles. The van der Waals surface area contributed by atoms with Crippen LogP contribution in [0.25, 0.3) is 0 Å². The Morgan fingerprint density at radius 2 is 2.10 bits per heavy atom. The van der Waals surface area contributed by atoms with Gasteiger partial charge >= 0.3 is 0 Å². The number of hydrogen-bond donors (Lipinski definition) is 2. The summed E-state index contributed by atoms with van der Waals surface area (Å²) in [4.78, 5) is 12.0. The number of nitrogens with one attached hydrogen (secondary N) is 1. The van der Waals surface area contributed by atoms with Crippen LogP contribution in [-0.4, -0.2) is 27.5 Å². The van der Waals surface area contributed by atoms with Gasteiger partial charge in [-0.15, -0.1) is 0 Å². The molecule has 0 spiro atoms. The lowest BCUT2D eigenvalue weighted by atomic mass is 10.1. The normalized spacial score (nSPS) is 22.0. The summed E-state index contributed by atoms with van der Waals surface area (Å²) in [5.74, 6) is 0.441. The van der Waals surface area contributed by atoms with Crippen molar-refractivity contribution in [2.45, 2.75) is 37.1 Å². The summed E-state index contributed by atoms with van der Waals surface area (Å²) in [7, 11) is -2.59. The number of hydrogen-bond acceptors (Lipinski definition) is 4. The van der Waals surface area contributed by atoms with E-state index >= 15 is 0 Å². The van der Waals surface area contributed by atoms with Crippen molar-refractivity contribution in [2.24, 2.45) is 11.1 Å². The first-order chi connectivity index (χ1) is 9.81. The molecule has 0 heterocycles. The molecule has 0 saturated heterocycles. The van der Waals surface area contributed by atoms with Gasteiger partial charge in [0.15, 0.2) is 0 Å². The summed E-state index contributed by atoms with van der Waals surface area (Å²) in [6.45, 7) is 2.15. The lowest BCUT2D eigenvalue weighted by Crippen LogP contribution is -2.33. The molecule has 2 atom stereocenters. The smallest absolute Gasteiger partial charge is 0.251 e. The van der Waals surface area contributed by atoms with Crippen molar-refractivity contribution in [1.29, 1.82) is 0 Å². The van der Waals surface area contributed by atoms with Gasteiger partial charge in [-0.1, -0.05) is 6.92 Å². The number of sulfonamides is 1. The number of benzene rings is 1. The molecule has 1 amide bonds. The van der Waals surface area contributed by atoms with Crippen LogP contribution in [-0.2, 0) is 10.0 Å². The first kappa shape index (κ1) is 15.8. The second kappa shape index (κ2) is 6.03. The van der Waals surface area contributed by atoms with Gasteiger partial charge in [-0.3, -0.25) is 4.79 Å². The number of amides is 1. The Bertz CT molecular complexity index is 642. The number of primary sulfonamides is 1. The molecule has 1 fully saturated rings. The zero-order valence-corrected chi connectivity index (χ0v) is 12.9. The second-order valence-electron chi connectivity index (χ2n) is 5.50. The standard InChI is InChI=1S/C14H20N2O4S/c1-9-3-5-11(7-9)16-14(17)10-4-6-12(20-2)13(8-10)21(15,18)19/h4,6,8-9,11H,3,5,7H2,1-2H3,(H,16,17)(H2,15,18,19). The molecule has 6 nitrogen and oxygen atoms in total. The van der Waals surface area contributed by atoms with Crippen molar-refractivity contribution in [1.82, 2.24) is 5.32 Å². The fraction of sp³-hybridized carbons (Fsp3) is 0.500. The van der Waals surface area contributed by atoms with Crippen LogP contribution >= 0.6 is 0 Å². The SMILES string of the molecule is COc1ccc(C(=O)NC2CCC(C)C2)cc1S(N)(=O)=O. The minimum Gasteiger partial charge on any atom is -0.495 e. The van der Waals surface area contributed by atoms with E-state index in [4.69, 9.17) is 9.88 Å². The highest BCUT2D eigenvalue weighted by atomic mass is 32.2. The molecule has 3 N–H and O–H groups in total. The van der Waals surface area contributed by atoms with Crippen LogP contribution < -0.4 is 15.2 Å². The molecule has 0 radical (unpaired) electrons. The minimum atomic E-state index is -3.94. The van der Waals surface area contributed by atoms with E-state index in [9.17, 15) is 13.2 Å². The average molecular weight is 312 g/mol. The molecule has 1 aromatic carbocycles. The van der Waals surface area contributed by atoms with E-state index in [1.165, 1.54) is 25.3 Å². The largest absolute Gasteiger partial charge is 0.495 e. The number of nitrogens with two attached hydrogens (primary N) is 1. The summed E-state index contributed by atoms with van der Waals surface area (Å²) in [6, 6.07) is 4.36. The van der Waals surface area contributed by atoms with Gasteiger partial charge in [0.25, 0.3) is 5.91 Å². The molecule has 21 heavy (non-hydrogen) atoms. The predicted octanol–water partition coefficient (Wildman–Crippen LogP) is 1.26. The molecular formula is C14H20N2O4S. The Labute approximate surface area is 124 Å². The van der Waals surface area contributed by atoms with Crippen LogP contribution in [0.1, 0.15) is 36.5 Å². The van der Waals surface area contributed by atoms with Gasteiger partial charge in [-0.05, 0) is 43.4 Å². The van der Waals surface area contributed by atoms with Gasteiger partial charge in [0.1, 0.15) is 10.6 Å². The number of methoxy groups -OCH3 is 1. The minimum absolute atomic E-state index is 0.128. The van der Waals surface area contributed by atoms with Crippen molar-refractivity contribution in [2.75, 3.05) is 7.11 Å². The van der Waals surface area contributed by atoms with Gasteiger partial charge in [-0.25, -0.2) is 13.6 Å². The molecule has 1 aliphatic rings. The maximum absolute atomic E-state index is 12.2. The van der Waals surface area contributed by atoms with E-state index in [-0.39, 0.29) is 28.2 Å². The first-order valence-electron chi connectivity index (χ1n) is 6.83. The molecule has 116 valence electrons. The third kappa shape index (κ3) is 3.74. The quantitative estimate of drug-likeness (QED) is 0.874. The van der Waals surface area contributed by atoms with E-state index < -0.39 is 10.0 Å². The van der Waals surface area contributed by atoms with Gasteiger partial charge in [0, 0.05) is 11.6 Å². The van der Waals surface area contributed by atoms with E-state index in [0.29, 0.717) is 5.92 Å². The molecule has 1 saturated carbocycles. The van der Waals surface area contributed by atoms with Crippen LogP contribution in [0.2, 0.25) is 0 Å². The molecule has 0 aromatic heterocycles. The Kier molecular flexibility index (Phi) is 4.53. The maximum Gasteiger partial charge on any atom is 0.251 e. The van der Waals surface area contributed by atoms with Crippen molar-refractivity contribution >= 4 is 15.9 Å². The molecular weight excluding hydrogens is 292 g/mol. The maximum atomic E-state index is 12.2. The highest BCUT2D eigenvalue weighted by molar-refractivity contribution is 7.89. The number of carbonyl (C=O) groups is 1. The van der Waals surface area contributed by atoms with Crippen LogP contribution in [0.4, 0.5) is 0 Å². The van der Waals surface area contributed by atoms with Crippen molar-refractivity contribution in [3.63, 3.8) is 0 Å². The Hall–Kier alpha value is -1.60. The number of ether oxygens (including phenoxy) is 1. The summed E-state index contributed by atoms with van der Waals surface area (Å²) >= 11 is 0. The van der Waals surface area contributed by atoms with Crippen LogP contribution in [0.3, 0.4) is 0 Å². The van der Waals surface area contributed by atoms with Crippen LogP contribution in [0.15, 0.2) is 23.1 Å². The summed E-state index contributed by atoms with van der Waals surface area (Å²) in [5, 5.41) is 8.07. The zero-order chi connectivity index (χ0) is 15.6.